The number of hydrogen-bond donors (Lipinski definition) is 1. The Morgan fingerprint density at radius 3 is 2.55 bits per heavy atom. The van der Waals surface area contributed by atoms with Gasteiger partial charge in [-0.25, -0.2) is 0 Å². The van der Waals surface area contributed by atoms with Gasteiger partial charge in [0.25, 0.3) is 5.91 Å². The maximum atomic E-state index is 12.8. The maximum absolute atomic E-state index is 12.8. The summed E-state index contributed by atoms with van der Waals surface area (Å²) in [5.74, 6) is 0.311. The number of anilines is 1. The molecule has 0 bridgehead atoms. The minimum absolute atomic E-state index is 0.0376. The van der Waals surface area contributed by atoms with Crippen LogP contribution in [0.5, 0.6) is 5.75 Å². The molecule has 2 aliphatic rings. The van der Waals surface area contributed by atoms with Crippen molar-refractivity contribution in [2.45, 2.75) is 19.1 Å². The molecule has 1 fully saturated rings. The number of hydrogen-bond acceptors (Lipinski definition) is 4. The van der Waals surface area contributed by atoms with E-state index in [0.29, 0.717) is 24.5 Å². The Labute approximate surface area is 181 Å². The van der Waals surface area contributed by atoms with E-state index in [2.05, 4.69) is 52.7 Å². The van der Waals surface area contributed by atoms with Gasteiger partial charge >= 0.3 is 0 Å². The molecule has 31 heavy (non-hydrogen) atoms. The van der Waals surface area contributed by atoms with Crippen LogP contribution in [0.25, 0.3) is 10.8 Å². The third kappa shape index (κ3) is 4.11. The number of nitrogens with one attached hydrogen (secondary N) is 1. The van der Waals surface area contributed by atoms with Gasteiger partial charge < -0.3 is 15.0 Å². The normalized spacial score (nSPS) is 18.9. The molecule has 158 valence electrons. The van der Waals surface area contributed by atoms with E-state index >= 15 is 0 Å². The molecule has 5 rings (SSSR count). The zero-order valence-electron chi connectivity index (χ0n) is 17.3. The summed E-state index contributed by atoms with van der Waals surface area (Å²) in [6.07, 6.45) is -0.722. The van der Waals surface area contributed by atoms with Crippen LogP contribution in [0.1, 0.15) is 12.0 Å². The Morgan fingerprint density at radius 1 is 0.935 bits per heavy atom. The summed E-state index contributed by atoms with van der Waals surface area (Å²) < 4.78 is 5.78. The summed E-state index contributed by atoms with van der Waals surface area (Å²) in [5, 5.41) is 5.36. The quantitative estimate of drug-likeness (QED) is 0.711. The molecular weight excluding hydrogens is 390 g/mol. The zero-order valence-corrected chi connectivity index (χ0v) is 17.3. The number of carbonyl (C=O) groups excluding carboxylic acids is 2. The molecule has 0 aliphatic carbocycles. The number of amides is 2. The summed E-state index contributed by atoms with van der Waals surface area (Å²) in [6.45, 7) is 3.82. The van der Waals surface area contributed by atoms with Gasteiger partial charge in [-0.15, -0.1) is 0 Å². The Balaban J connectivity index is 1.17. The smallest absolute Gasteiger partial charge is 0.266 e. The van der Waals surface area contributed by atoms with Crippen LogP contribution in [0, 0.1) is 0 Å². The highest BCUT2D eigenvalue weighted by molar-refractivity contribution is 6.00. The van der Waals surface area contributed by atoms with E-state index in [1.165, 1.54) is 16.3 Å². The largest absolute Gasteiger partial charge is 0.478 e. The number of benzene rings is 3. The van der Waals surface area contributed by atoms with Gasteiger partial charge in [-0.2, -0.15) is 0 Å². The summed E-state index contributed by atoms with van der Waals surface area (Å²) >= 11 is 0. The van der Waals surface area contributed by atoms with E-state index < -0.39 is 6.10 Å². The van der Waals surface area contributed by atoms with Crippen molar-refractivity contribution in [3.63, 3.8) is 0 Å². The number of nitrogens with zero attached hydrogens (tertiary/aromatic N) is 2. The average molecular weight is 415 g/mol. The van der Waals surface area contributed by atoms with E-state index in [4.69, 9.17) is 4.74 Å². The molecule has 2 amide bonds. The maximum Gasteiger partial charge on any atom is 0.266 e. The van der Waals surface area contributed by atoms with Gasteiger partial charge in [0.2, 0.25) is 5.91 Å². The van der Waals surface area contributed by atoms with Crippen LogP contribution >= 0.6 is 0 Å². The van der Waals surface area contributed by atoms with Crippen molar-refractivity contribution in [2.24, 2.45) is 0 Å². The van der Waals surface area contributed by atoms with Gasteiger partial charge in [0, 0.05) is 32.7 Å². The lowest BCUT2D eigenvalue weighted by Gasteiger charge is -2.36. The van der Waals surface area contributed by atoms with E-state index in [9.17, 15) is 9.59 Å². The first-order valence-corrected chi connectivity index (χ1v) is 10.7. The monoisotopic (exact) mass is 415 g/mol. The molecule has 2 heterocycles. The zero-order chi connectivity index (χ0) is 21.2. The second kappa shape index (κ2) is 8.40. The fourth-order valence-corrected chi connectivity index (χ4v) is 4.34. The molecule has 0 radical (unpaired) electrons. The molecular formula is C25H25N3O3. The third-order valence-corrected chi connectivity index (χ3v) is 6.07. The molecule has 0 aromatic heterocycles. The van der Waals surface area contributed by atoms with Gasteiger partial charge in [0.1, 0.15) is 5.75 Å². The predicted octanol–water partition coefficient (Wildman–Crippen LogP) is 3.27. The van der Waals surface area contributed by atoms with Crippen LogP contribution in [-0.2, 0) is 16.1 Å². The van der Waals surface area contributed by atoms with Crippen molar-refractivity contribution in [1.29, 1.82) is 0 Å². The second-order valence-electron chi connectivity index (χ2n) is 8.09. The van der Waals surface area contributed by atoms with Crippen LogP contribution < -0.4 is 10.1 Å². The summed E-state index contributed by atoms with van der Waals surface area (Å²) in [5.41, 5.74) is 1.96. The molecule has 6 nitrogen and oxygen atoms in total. The Hall–Kier alpha value is -3.38. The first-order valence-electron chi connectivity index (χ1n) is 10.7. The second-order valence-corrected chi connectivity index (χ2v) is 8.09. The Kier molecular flexibility index (Phi) is 5.30. The number of rotatable bonds is 4. The Morgan fingerprint density at radius 2 is 1.68 bits per heavy atom. The molecule has 2 aliphatic heterocycles. The Bertz CT molecular complexity index is 1120. The van der Waals surface area contributed by atoms with Crippen LogP contribution in [0.15, 0.2) is 66.7 Å². The molecule has 0 saturated carbocycles. The van der Waals surface area contributed by atoms with Crippen LogP contribution in [-0.4, -0.2) is 53.9 Å². The van der Waals surface area contributed by atoms with Crippen molar-refractivity contribution >= 4 is 28.3 Å². The fraction of sp³-hybridized carbons (Fsp3) is 0.280. The van der Waals surface area contributed by atoms with Crippen molar-refractivity contribution < 1.29 is 14.3 Å². The van der Waals surface area contributed by atoms with Gasteiger partial charge in [-0.1, -0.05) is 54.6 Å². The first-order chi connectivity index (χ1) is 15.2. The van der Waals surface area contributed by atoms with Gasteiger partial charge in [-0.05, 0) is 28.5 Å². The molecule has 6 heteroatoms. The highest BCUT2D eigenvalue weighted by atomic mass is 16.5. The lowest BCUT2D eigenvalue weighted by atomic mass is 10.0. The third-order valence-electron chi connectivity index (χ3n) is 6.07. The first kappa shape index (κ1) is 19.6. The number of para-hydroxylation sites is 2. The van der Waals surface area contributed by atoms with E-state index in [1.807, 2.05) is 17.0 Å². The number of ether oxygens (including phenoxy) is 1. The molecule has 3 aromatic rings. The molecule has 0 unspecified atom stereocenters. The fourth-order valence-electron chi connectivity index (χ4n) is 4.34. The van der Waals surface area contributed by atoms with Crippen molar-refractivity contribution in [3.05, 3.63) is 72.3 Å². The van der Waals surface area contributed by atoms with Crippen molar-refractivity contribution in [3.8, 4) is 5.75 Å². The highest BCUT2D eigenvalue weighted by Gasteiger charge is 2.32. The SMILES string of the molecule is O=C1Nc2ccccc2O[C@H]1CC(=O)N1CCN(Cc2cccc3ccccc23)CC1. The highest BCUT2D eigenvalue weighted by Crippen LogP contribution is 2.30. The van der Waals surface area contributed by atoms with Crippen LogP contribution in [0.2, 0.25) is 0 Å². The lowest BCUT2D eigenvalue weighted by Crippen LogP contribution is -2.50. The number of piperazine rings is 1. The summed E-state index contributed by atoms with van der Waals surface area (Å²) in [6, 6.07) is 22.1. The molecule has 1 saturated heterocycles. The predicted molar refractivity (Wildman–Crippen MR) is 120 cm³/mol. The standard InChI is InChI=1S/C25H25N3O3/c29-24(16-23-25(30)26-21-10-3-4-11-22(21)31-23)28-14-12-27(13-15-28)17-19-8-5-7-18-6-1-2-9-20(18)19/h1-11,23H,12-17H2,(H,26,30)/t23-/m0/s1. The van der Waals surface area contributed by atoms with E-state index in [-0.39, 0.29) is 18.2 Å². The van der Waals surface area contributed by atoms with E-state index in [1.54, 1.807) is 12.1 Å². The summed E-state index contributed by atoms with van der Waals surface area (Å²) in [7, 11) is 0. The molecule has 0 spiro atoms. The van der Waals surface area contributed by atoms with Gasteiger partial charge in [0.05, 0.1) is 12.1 Å². The molecule has 3 aromatic carbocycles. The van der Waals surface area contributed by atoms with Gasteiger partial charge in [0.15, 0.2) is 6.10 Å². The van der Waals surface area contributed by atoms with Crippen molar-refractivity contribution in [2.75, 3.05) is 31.5 Å². The topological polar surface area (TPSA) is 61.9 Å². The minimum atomic E-state index is -0.781. The van der Waals surface area contributed by atoms with Crippen LogP contribution in [0.3, 0.4) is 0 Å². The molecule has 1 atom stereocenters. The molecule has 1 N–H and O–H groups in total. The minimum Gasteiger partial charge on any atom is -0.478 e. The summed E-state index contributed by atoms with van der Waals surface area (Å²) in [4.78, 5) is 29.4. The van der Waals surface area contributed by atoms with E-state index in [0.717, 1.165) is 19.6 Å². The number of carbonyl (C=O) groups is 2. The van der Waals surface area contributed by atoms with Crippen molar-refractivity contribution in [1.82, 2.24) is 9.80 Å². The lowest BCUT2D eigenvalue weighted by molar-refractivity contribution is -0.138. The van der Waals surface area contributed by atoms with Gasteiger partial charge in [-0.3, -0.25) is 14.5 Å². The number of fused-ring (bicyclic) bond motifs is 2. The average Bonchev–Trinajstić information content (AvgIpc) is 2.80. The van der Waals surface area contributed by atoms with Crippen LogP contribution in [0.4, 0.5) is 5.69 Å².